The summed E-state index contributed by atoms with van der Waals surface area (Å²) in [7, 11) is 4.30. The van der Waals surface area contributed by atoms with Gasteiger partial charge in [-0.1, -0.05) is 12.1 Å². The van der Waals surface area contributed by atoms with E-state index in [0.29, 0.717) is 11.4 Å². The summed E-state index contributed by atoms with van der Waals surface area (Å²) >= 11 is 3.32. The zero-order valence-corrected chi connectivity index (χ0v) is 22.3. The second-order valence-electron chi connectivity index (χ2n) is 8.12. The molecule has 10 nitrogen and oxygen atoms in total. The molecule has 37 heavy (non-hydrogen) atoms. The molecule has 0 fully saturated rings. The van der Waals surface area contributed by atoms with Crippen molar-refractivity contribution in [2.75, 3.05) is 38.5 Å². The quantitative estimate of drug-likeness (QED) is 0.374. The third kappa shape index (κ3) is 5.67. The minimum absolute atomic E-state index is 0.0997. The Bertz CT molecular complexity index is 1340. The molecule has 0 saturated heterocycles. The highest BCUT2D eigenvalue weighted by molar-refractivity contribution is 9.10. The Morgan fingerprint density at radius 1 is 0.973 bits per heavy atom. The van der Waals surface area contributed by atoms with Crippen molar-refractivity contribution in [1.29, 1.82) is 0 Å². The molecule has 1 aliphatic heterocycles. The van der Waals surface area contributed by atoms with Crippen LogP contribution in [0.4, 0.5) is 11.5 Å². The van der Waals surface area contributed by atoms with E-state index in [2.05, 4.69) is 41.9 Å². The average Bonchev–Trinajstić information content (AvgIpc) is 3.35. The molecular formula is C26H26BrN5O5. The molecule has 0 aliphatic carbocycles. The van der Waals surface area contributed by atoms with Crippen LogP contribution in [-0.4, -0.2) is 56.5 Å². The van der Waals surface area contributed by atoms with E-state index in [-0.39, 0.29) is 34.5 Å². The number of halogens is 1. The number of aromatic nitrogens is 1. The molecule has 4 rings (SSSR count). The average molecular weight is 568 g/mol. The van der Waals surface area contributed by atoms with Gasteiger partial charge in [0.15, 0.2) is 11.5 Å². The van der Waals surface area contributed by atoms with Gasteiger partial charge in [0.1, 0.15) is 17.3 Å². The number of carbonyl (C=O) groups is 2. The third-order valence-electron chi connectivity index (χ3n) is 5.62. The zero-order valence-electron chi connectivity index (χ0n) is 20.7. The lowest BCUT2D eigenvalue weighted by Gasteiger charge is -2.20. The lowest BCUT2D eigenvalue weighted by atomic mass is 10.1. The van der Waals surface area contributed by atoms with Crippen molar-refractivity contribution < 1.29 is 23.8 Å². The predicted octanol–water partition coefficient (Wildman–Crippen LogP) is 4.11. The van der Waals surface area contributed by atoms with Crippen LogP contribution in [0.1, 0.15) is 33.2 Å². The number of rotatable bonds is 8. The van der Waals surface area contributed by atoms with Crippen LogP contribution in [-0.2, 0) is 0 Å². The van der Waals surface area contributed by atoms with Crippen molar-refractivity contribution in [2.24, 2.45) is 4.99 Å². The number of benzene rings is 2. The summed E-state index contributed by atoms with van der Waals surface area (Å²) in [6.45, 7) is 2.80. The molecule has 1 unspecified atom stereocenters. The van der Waals surface area contributed by atoms with Crippen molar-refractivity contribution in [1.82, 2.24) is 10.3 Å². The van der Waals surface area contributed by atoms with E-state index >= 15 is 0 Å². The van der Waals surface area contributed by atoms with Crippen LogP contribution in [0.5, 0.6) is 17.2 Å². The number of aliphatic imine (C=N–C) groups is 1. The van der Waals surface area contributed by atoms with Gasteiger partial charge in [-0.05, 0) is 53.2 Å². The first kappa shape index (κ1) is 26.0. The molecule has 2 aromatic carbocycles. The summed E-state index contributed by atoms with van der Waals surface area (Å²) in [5.74, 6) is 0.776. The van der Waals surface area contributed by atoms with Gasteiger partial charge >= 0.3 is 0 Å². The molecule has 0 bridgehead atoms. The first-order chi connectivity index (χ1) is 17.8. The maximum atomic E-state index is 13.3. The molecular weight excluding hydrogens is 542 g/mol. The fraction of sp³-hybridized carbons (Fsp3) is 0.231. The molecule has 0 saturated carbocycles. The van der Waals surface area contributed by atoms with Crippen LogP contribution in [0.25, 0.3) is 0 Å². The van der Waals surface area contributed by atoms with E-state index in [0.717, 1.165) is 22.4 Å². The van der Waals surface area contributed by atoms with Gasteiger partial charge in [-0.25, -0.2) is 4.98 Å². The van der Waals surface area contributed by atoms with Crippen molar-refractivity contribution in [3.63, 3.8) is 0 Å². The lowest BCUT2D eigenvalue weighted by molar-refractivity contribution is 0.102. The second kappa shape index (κ2) is 11.3. The third-order valence-corrected chi connectivity index (χ3v) is 6.09. The Hall–Kier alpha value is -4.12. The summed E-state index contributed by atoms with van der Waals surface area (Å²) < 4.78 is 17.2. The normalized spacial score (nSPS) is 14.3. The van der Waals surface area contributed by atoms with Crippen molar-refractivity contribution in [3.8, 4) is 17.2 Å². The van der Waals surface area contributed by atoms with Crippen LogP contribution >= 0.6 is 15.9 Å². The van der Waals surface area contributed by atoms with E-state index < -0.39 is 11.8 Å². The summed E-state index contributed by atoms with van der Waals surface area (Å²) in [5, 5.41) is 8.78. The monoisotopic (exact) mass is 567 g/mol. The Morgan fingerprint density at radius 3 is 2.27 bits per heavy atom. The number of carbonyl (C=O) groups excluding carboxylic acids is 2. The molecule has 1 atom stereocenters. The Balaban J connectivity index is 1.68. The standard InChI is InChI=1S/C26H26BrN5O5/c1-14-12-29-24(30-14)15-5-7-16(8-6-15)25(33)32-21-18(11-19(35-2)22(36-3)23(21)37-4)26(34)31-20-10-9-17(27)13-28-20/h5-11,13-14H,12H2,1-4H3,(H,29,30)(H,32,33)(H,28,31,34). The summed E-state index contributed by atoms with van der Waals surface area (Å²) in [6.07, 6.45) is 1.56. The number of ether oxygens (including phenoxy) is 3. The highest BCUT2D eigenvalue weighted by Crippen LogP contribution is 2.45. The molecule has 3 N–H and O–H groups in total. The van der Waals surface area contributed by atoms with Gasteiger partial charge in [0.2, 0.25) is 5.75 Å². The number of hydrogen-bond acceptors (Lipinski definition) is 8. The zero-order chi connectivity index (χ0) is 26.5. The van der Waals surface area contributed by atoms with Gasteiger partial charge in [0.05, 0.1) is 32.9 Å². The Kier molecular flexibility index (Phi) is 7.92. The molecule has 2 amide bonds. The minimum Gasteiger partial charge on any atom is -0.493 e. The number of amides is 2. The fourth-order valence-corrected chi connectivity index (χ4v) is 4.03. The number of pyridine rings is 1. The molecule has 192 valence electrons. The van der Waals surface area contributed by atoms with E-state index in [1.807, 2.05) is 19.1 Å². The molecule has 11 heteroatoms. The molecule has 0 spiro atoms. The Labute approximate surface area is 222 Å². The van der Waals surface area contributed by atoms with Gasteiger partial charge in [-0.15, -0.1) is 0 Å². The highest BCUT2D eigenvalue weighted by Gasteiger charge is 2.26. The van der Waals surface area contributed by atoms with Crippen LogP contribution in [0.2, 0.25) is 0 Å². The number of hydrogen-bond donors (Lipinski definition) is 3. The molecule has 3 aromatic rings. The fourth-order valence-electron chi connectivity index (χ4n) is 3.79. The van der Waals surface area contributed by atoms with E-state index in [1.165, 1.54) is 27.4 Å². The molecule has 1 aromatic heterocycles. The maximum absolute atomic E-state index is 13.3. The van der Waals surface area contributed by atoms with Gasteiger partial charge in [-0.3, -0.25) is 14.6 Å². The Morgan fingerprint density at radius 2 is 1.70 bits per heavy atom. The smallest absolute Gasteiger partial charge is 0.259 e. The SMILES string of the molecule is COc1cc(C(=O)Nc2ccc(Br)cn2)c(NC(=O)c2ccc(C3=NC(C)CN3)cc2)c(OC)c1OC. The van der Waals surface area contributed by atoms with E-state index in [1.54, 1.807) is 30.5 Å². The predicted molar refractivity (Wildman–Crippen MR) is 144 cm³/mol. The molecule has 2 heterocycles. The number of nitrogens with one attached hydrogen (secondary N) is 3. The first-order valence-corrected chi connectivity index (χ1v) is 12.1. The highest BCUT2D eigenvalue weighted by atomic mass is 79.9. The largest absolute Gasteiger partial charge is 0.493 e. The minimum atomic E-state index is -0.529. The number of anilines is 2. The van der Waals surface area contributed by atoms with Gasteiger partial charge in [0.25, 0.3) is 11.8 Å². The van der Waals surface area contributed by atoms with E-state index in [9.17, 15) is 9.59 Å². The van der Waals surface area contributed by atoms with Gasteiger partial charge in [-0.2, -0.15) is 0 Å². The molecule has 1 aliphatic rings. The van der Waals surface area contributed by atoms with Crippen molar-refractivity contribution in [2.45, 2.75) is 13.0 Å². The van der Waals surface area contributed by atoms with Crippen LogP contribution < -0.4 is 30.2 Å². The number of methoxy groups -OCH3 is 3. The second-order valence-corrected chi connectivity index (χ2v) is 9.04. The molecule has 0 radical (unpaired) electrons. The summed E-state index contributed by atoms with van der Waals surface area (Å²) in [4.78, 5) is 35.3. The first-order valence-electron chi connectivity index (χ1n) is 11.3. The van der Waals surface area contributed by atoms with Crippen LogP contribution in [0.3, 0.4) is 0 Å². The number of amidine groups is 1. The van der Waals surface area contributed by atoms with Crippen LogP contribution in [0.15, 0.2) is 58.1 Å². The van der Waals surface area contributed by atoms with Gasteiger partial charge in [0, 0.05) is 28.3 Å². The maximum Gasteiger partial charge on any atom is 0.259 e. The van der Waals surface area contributed by atoms with Gasteiger partial charge < -0.3 is 30.2 Å². The number of nitrogens with zero attached hydrogens (tertiary/aromatic N) is 2. The summed E-state index contributed by atoms with van der Waals surface area (Å²) in [6, 6.07) is 12.1. The summed E-state index contributed by atoms with van der Waals surface area (Å²) in [5.41, 5.74) is 1.49. The lowest BCUT2D eigenvalue weighted by Crippen LogP contribution is -2.21. The van der Waals surface area contributed by atoms with Crippen LogP contribution in [0, 0.1) is 0 Å². The van der Waals surface area contributed by atoms with Crippen molar-refractivity contribution in [3.05, 3.63) is 69.8 Å². The topological polar surface area (TPSA) is 123 Å². The van der Waals surface area contributed by atoms with Crippen molar-refractivity contribution >= 4 is 45.1 Å². The van der Waals surface area contributed by atoms with E-state index in [4.69, 9.17) is 14.2 Å².